The van der Waals surface area contributed by atoms with Crippen molar-refractivity contribution in [1.29, 1.82) is 0 Å². The van der Waals surface area contributed by atoms with Crippen LogP contribution in [0.5, 0.6) is 0 Å². The molecule has 0 aromatic carbocycles. The second-order valence-corrected chi connectivity index (χ2v) is 0.577. The van der Waals surface area contributed by atoms with Gasteiger partial charge in [0, 0.05) is 21.1 Å². The minimum Gasteiger partial charge on any atom is -0.335 e. The van der Waals surface area contributed by atoms with Crippen molar-refractivity contribution in [2.75, 3.05) is 0 Å². The van der Waals surface area contributed by atoms with Crippen LogP contribution in [0.15, 0.2) is 0 Å². The molecular formula is C7H19W-. The fraction of sp³-hybridized carbons (Fsp3) is 0.857. The maximum absolute atomic E-state index is 2.00. The van der Waals surface area contributed by atoms with Gasteiger partial charge in [0.15, 0.2) is 0 Å². The van der Waals surface area contributed by atoms with Gasteiger partial charge in [-0.15, -0.1) is 0 Å². The molecule has 0 saturated carbocycles. The van der Waals surface area contributed by atoms with E-state index in [1.807, 2.05) is 48.0 Å². The van der Waals surface area contributed by atoms with Crippen LogP contribution in [-0.2, 0) is 21.1 Å². The molecular weight excluding hydrogens is 268 g/mol. The summed E-state index contributed by atoms with van der Waals surface area (Å²) in [7, 11) is 0. The van der Waals surface area contributed by atoms with Crippen molar-refractivity contribution in [2.24, 2.45) is 0 Å². The molecule has 0 rings (SSSR count). The molecule has 0 N–H and O–H groups in total. The zero-order chi connectivity index (χ0) is 6.71. The molecule has 0 bridgehead atoms. The molecule has 0 atom stereocenters. The van der Waals surface area contributed by atoms with Crippen LogP contribution >= 0.6 is 0 Å². The monoisotopic (exact) mass is 287 g/mol. The van der Waals surface area contributed by atoms with Crippen molar-refractivity contribution in [3.05, 3.63) is 6.42 Å². The van der Waals surface area contributed by atoms with E-state index in [0.29, 0.717) is 0 Å². The summed E-state index contributed by atoms with van der Waals surface area (Å²) in [5.74, 6) is 0. The second-order valence-electron chi connectivity index (χ2n) is 0.577. The van der Waals surface area contributed by atoms with E-state index in [2.05, 4.69) is 0 Å². The number of rotatable bonds is 0. The quantitative estimate of drug-likeness (QED) is 0.600. The zero-order valence-electron chi connectivity index (χ0n) is 6.99. The fourth-order valence-electron chi connectivity index (χ4n) is 0. The first-order valence-electron chi connectivity index (χ1n) is 3.15. The molecule has 8 heavy (non-hydrogen) atoms. The molecule has 0 fully saturated rings. The van der Waals surface area contributed by atoms with Crippen molar-refractivity contribution in [3.8, 4) is 0 Å². The summed E-state index contributed by atoms with van der Waals surface area (Å²) in [5.41, 5.74) is 0. The molecule has 0 saturated heterocycles. The Hall–Kier alpha value is 0.688. The molecule has 0 heterocycles. The molecule has 54 valence electrons. The van der Waals surface area contributed by atoms with Crippen LogP contribution in [0.4, 0.5) is 0 Å². The van der Waals surface area contributed by atoms with E-state index in [1.165, 1.54) is 0 Å². The molecule has 0 nitrogen and oxygen atoms in total. The number of hydrogen-bond donors (Lipinski definition) is 0. The van der Waals surface area contributed by atoms with Crippen LogP contribution in [0.3, 0.4) is 0 Å². The maximum Gasteiger partial charge on any atom is 0 e. The predicted molar refractivity (Wildman–Crippen MR) is 38.3 cm³/mol. The fourth-order valence-corrected chi connectivity index (χ4v) is 0. The average molecular weight is 287 g/mol. The third-order valence-electron chi connectivity index (χ3n) is 0. The summed E-state index contributed by atoms with van der Waals surface area (Å²) in [6.45, 7) is 12.0. The van der Waals surface area contributed by atoms with Gasteiger partial charge < -0.3 is 6.42 Å². The molecule has 0 radical (unpaired) electrons. The Balaban J connectivity index is -0.0000000147. The Morgan fingerprint density at radius 1 is 0.750 bits per heavy atom. The minimum atomic E-state index is 0. The minimum absolute atomic E-state index is 0. The molecule has 0 aliphatic carbocycles. The molecule has 0 aromatic rings. The summed E-state index contributed by atoms with van der Waals surface area (Å²) in [6.07, 6.45) is 2.00. The van der Waals surface area contributed by atoms with Crippen LogP contribution < -0.4 is 0 Å². The third kappa shape index (κ3) is 457. The van der Waals surface area contributed by atoms with Gasteiger partial charge in [-0.3, -0.25) is 0 Å². The van der Waals surface area contributed by atoms with Crippen molar-refractivity contribution in [1.82, 2.24) is 0 Å². The summed E-state index contributed by atoms with van der Waals surface area (Å²) in [5, 5.41) is 0. The molecule has 0 aliphatic heterocycles. The van der Waals surface area contributed by atoms with E-state index in [0.717, 1.165) is 0 Å². The number of hydrogen-bond acceptors (Lipinski definition) is 0. The Bertz CT molecular complexity index is 4.35. The smallest absolute Gasteiger partial charge is 0 e. The summed E-state index contributed by atoms with van der Waals surface area (Å²) in [4.78, 5) is 0. The van der Waals surface area contributed by atoms with Gasteiger partial charge in [0.2, 0.25) is 0 Å². The second kappa shape index (κ2) is 121. The standard InChI is InChI=1S/C3H7.2C2H6.W/c1-3-2;2*1-2;/h3H,1-2H3;2*1-2H3;/q-1;;;. The van der Waals surface area contributed by atoms with Gasteiger partial charge in [0.1, 0.15) is 0 Å². The molecule has 0 amide bonds. The van der Waals surface area contributed by atoms with Crippen molar-refractivity contribution < 1.29 is 21.1 Å². The normalized spacial score (nSPS) is 3.75. The van der Waals surface area contributed by atoms with Crippen molar-refractivity contribution >= 4 is 0 Å². The van der Waals surface area contributed by atoms with Crippen LogP contribution in [0.1, 0.15) is 41.5 Å². The molecule has 0 aliphatic rings. The molecule has 0 aromatic heterocycles. The van der Waals surface area contributed by atoms with E-state index in [4.69, 9.17) is 0 Å². The van der Waals surface area contributed by atoms with E-state index in [1.54, 1.807) is 0 Å². The van der Waals surface area contributed by atoms with Gasteiger partial charge >= 0.3 is 0 Å². The van der Waals surface area contributed by atoms with E-state index in [-0.39, 0.29) is 21.1 Å². The molecule has 0 spiro atoms. The molecule has 1 heteroatoms. The van der Waals surface area contributed by atoms with Crippen molar-refractivity contribution in [3.63, 3.8) is 0 Å². The molecule has 0 unspecified atom stereocenters. The van der Waals surface area contributed by atoms with Crippen LogP contribution in [-0.4, -0.2) is 0 Å². The largest absolute Gasteiger partial charge is 0.335 e. The topological polar surface area (TPSA) is 0 Å². The Morgan fingerprint density at radius 2 is 0.750 bits per heavy atom. The van der Waals surface area contributed by atoms with E-state index >= 15 is 0 Å². The van der Waals surface area contributed by atoms with Gasteiger partial charge in [0.05, 0.1) is 0 Å². The first-order valence-corrected chi connectivity index (χ1v) is 3.15. The average Bonchev–Trinajstić information content (AvgIpc) is 1.78. The maximum atomic E-state index is 2.00. The Morgan fingerprint density at radius 3 is 0.750 bits per heavy atom. The Kier molecular flexibility index (Phi) is 352. The predicted octanol–water partition coefficient (Wildman–Crippen LogP) is 3.28. The van der Waals surface area contributed by atoms with Gasteiger partial charge in [-0.05, 0) is 0 Å². The first kappa shape index (κ1) is 23.4. The SMILES string of the molecule is CC.CC.C[CH-]C.[W]. The van der Waals surface area contributed by atoms with Crippen molar-refractivity contribution in [2.45, 2.75) is 41.5 Å². The Labute approximate surface area is 69.3 Å². The van der Waals surface area contributed by atoms with Gasteiger partial charge in [0.25, 0.3) is 0 Å². The van der Waals surface area contributed by atoms with Crippen LogP contribution in [0.2, 0.25) is 0 Å². The summed E-state index contributed by atoms with van der Waals surface area (Å²) < 4.78 is 0. The third-order valence-corrected chi connectivity index (χ3v) is 0. The van der Waals surface area contributed by atoms with Gasteiger partial charge in [-0.25, -0.2) is 0 Å². The zero-order valence-corrected chi connectivity index (χ0v) is 9.92. The van der Waals surface area contributed by atoms with Crippen LogP contribution in [0, 0.1) is 6.42 Å². The summed E-state index contributed by atoms with van der Waals surface area (Å²) >= 11 is 0. The van der Waals surface area contributed by atoms with E-state index < -0.39 is 0 Å². The van der Waals surface area contributed by atoms with E-state index in [9.17, 15) is 0 Å². The summed E-state index contributed by atoms with van der Waals surface area (Å²) in [6, 6.07) is 0. The first-order chi connectivity index (χ1) is 3.41. The van der Waals surface area contributed by atoms with Crippen LogP contribution in [0.25, 0.3) is 0 Å². The van der Waals surface area contributed by atoms with Gasteiger partial charge in [-0.1, -0.05) is 27.7 Å². The van der Waals surface area contributed by atoms with Gasteiger partial charge in [-0.2, -0.15) is 13.8 Å².